The van der Waals surface area contributed by atoms with E-state index < -0.39 is 0 Å². The quantitative estimate of drug-likeness (QED) is 0.756. The Bertz CT molecular complexity index is 291. The molecule has 0 radical (unpaired) electrons. The molecule has 0 spiro atoms. The number of rotatable bonds is 4. The molecule has 14 heavy (non-hydrogen) atoms. The molecule has 1 heterocycles. The van der Waals surface area contributed by atoms with Crippen molar-refractivity contribution < 1.29 is 5.11 Å². The van der Waals surface area contributed by atoms with E-state index in [4.69, 9.17) is 16.7 Å². The van der Waals surface area contributed by atoms with Crippen molar-refractivity contribution in [3.8, 4) is 0 Å². The van der Waals surface area contributed by atoms with Crippen LogP contribution >= 0.6 is 11.6 Å². The van der Waals surface area contributed by atoms with Crippen LogP contribution in [0.4, 0.5) is 5.82 Å². The van der Waals surface area contributed by atoms with Crippen LogP contribution in [0, 0.1) is 5.92 Å². The lowest BCUT2D eigenvalue weighted by Crippen LogP contribution is -2.29. The Balaban J connectivity index is 2.67. The molecule has 1 atom stereocenters. The van der Waals surface area contributed by atoms with Crippen molar-refractivity contribution >= 4 is 17.4 Å². The molecule has 1 aromatic rings. The second kappa shape index (κ2) is 5.17. The van der Waals surface area contributed by atoms with E-state index in [0.29, 0.717) is 16.9 Å². The first-order valence-corrected chi connectivity index (χ1v) is 5.01. The van der Waals surface area contributed by atoms with Crippen molar-refractivity contribution in [2.24, 2.45) is 5.92 Å². The van der Waals surface area contributed by atoms with Gasteiger partial charge in [0.15, 0.2) is 0 Å². The minimum atomic E-state index is 0.0148. The highest BCUT2D eigenvalue weighted by Gasteiger charge is 2.11. The van der Waals surface area contributed by atoms with E-state index in [1.165, 1.54) is 0 Å². The maximum absolute atomic E-state index is 9.10. The van der Waals surface area contributed by atoms with E-state index in [2.05, 4.69) is 10.3 Å². The molecule has 3 nitrogen and oxygen atoms in total. The van der Waals surface area contributed by atoms with Gasteiger partial charge in [-0.3, -0.25) is 0 Å². The van der Waals surface area contributed by atoms with Gasteiger partial charge in [-0.25, -0.2) is 4.98 Å². The molecule has 0 amide bonds. The standard InChI is InChI=1S/C10H15ClN2O/c1-7(2)8(6-14)12-10-5-3-4-9(11)13-10/h3-5,7-8,14H,6H2,1-2H3,(H,12,13)/t8-/m1/s1. The average molecular weight is 215 g/mol. The summed E-state index contributed by atoms with van der Waals surface area (Å²) >= 11 is 5.74. The zero-order valence-electron chi connectivity index (χ0n) is 8.37. The number of halogens is 1. The Morgan fingerprint density at radius 1 is 1.50 bits per heavy atom. The summed E-state index contributed by atoms with van der Waals surface area (Å²) in [5.41, 5.74) is 0. The number of aliphatic hydroxyl groups excluding tert-OH is 1. The van der Waals surface area contributed by atoms with Crippen molar-refractivity contribution in [3.63, 3.8) is 0 Å². The first-order chi connectivity index (χ1) is 6.63. The number of pyridine rings is 1. The van der Waals surface area contributed by atoms with Crippen LogP contribution in [0.5, 0.6) is 0 Å². The first-order valence-electron chi connectivity index (χ1n) is 4.63. The van der Waals surface area contributed by atoms with Gasteiger partial charge in [0.25, 0.3) is 0 Å². The van der Waals surface area contributed by atoms with Crippen molar-refractivity contribution in [2.45, 2.75) is 19.9 Å². The lowest BCUT2D eigenvalue weighted by atomic mass is 10.1. The van der Waals surface area contributed by atoms with Crippen LogP contribution in [0.3, 0.4) is 0 Å². The van der Waals surface area contributed by atoms with E-state index in [1.54, 1.807) is 6.07 Å². The fraction of sp³-hybridized carbons (Fsp3) is 0.500. The van der Waals surface area contributed by atoms with Crippen LogP contribution in [0.1, 0.15) is 13.8 Å². The smallest absolute Gasteiger partial charge is 0.131 e. The van der Waals surface area contributed by atoms with Gasteiger partial charge in [-0.1, -0.05) is 31.5 Å². The number of nitrogens with one attached hydrogen (secondary N) is 1. The minimum Gasteiger partial charge on any atom is -0.394 e. The lowest BCUT2D eigenvalue weighted by Gasteiger charge is -2.20. The highest BCUT2D eigenvalue weighted by molar-refractivity contribution is 6.29. The third kappa shape index (κ3) is 3.16. The molecule has 1 rings (SSSR count). The molecule has 0 unspecified atom stereocenters. The number of aliphatic hydroxyl groups is 1. The number of hydrogen-bond acceptors (Lipinski definition) is 3. The number of nitrogens with zero attached hydrogens (tertiary/aromatic N) is 1. The molecular weight excluding hydrogens is 200 g/mol. The summed E-state index contributed by atoms with van der Waals surface area (Å²) in [4.78, 5) is 4.09. The molecule has 0 saturated heterocycles. The van der Waals surface area contributed by atoms with Crippen LogP contribution in [0.25, 0.3) is 0 Å². The van der Waals surface area contributed by atoms with Gasteiger partial charge < -0.3 is 10.4 Å². The Kier molecular flexibility index (Phi) is 4.17. The molecule has 2 N–H and O–H groups in total. The molecule has 0 aliphatic carbocycles. The highest BCUT2D eigenvalue weighted by atomic mass is 35.5. The van der Waals surface area contributed by atoms with E-state index in [9.17, 15) is 0 Å². The van der Waals surface area contributed by atoms with Crippen LogP contribution in [-0.4, -0.2) is 22.7 Å². The molecule has 1 aromatic heterocycles. The van der Waals surface area contributed by atoms with Gasteiger partial charge in [-0.2, -0.15) is 0 Å². The van der Waals surface area contributed by atoms with Crippen molar-refractivity contribution in [3.05, 3.63) is 23.4 Å². The van der Waals surface area contributed by atoms with E-state index >= 15 is 0 Å². The fourth-order valence-corrected chi connectivity index (χ4v) is 1.27. The van der Waals surface area contributed by atoms with Crippen molar-refractivity contribution in [1.82, 2.24) is 4.98 Å². The zero-order valence-corrected chi connectivity index (χ0v) is 9.12. The van der Waals surface area contributed by atoms with Gasteiger partial charge in [-0.15, -0.1) is 0 Å². The third-order valence-electron chi connectivity index (χ3n) is 2.05. The SMILES string of the molecule is CC(C)[C@@H](CO)Nc1cccc(Cl)n1. The summed E-state index contributed by atoms with van der Waals surface area (Å²) in [5.74, 6) is 1.05. The summed E-state index contributed by atoms with van der Waals surface area (Å²) in [5, 5.41) is 12.7. The summed E-state index contributed by atoms with van der Waals surface area (Å²) in [6.07, 6.45) is 0. The van der Waals surface area contributed by atoms with E-state index in [0.717, 1.165) is 0 Å². The Morgan fingerprint density at radius 3 is 2.71 bits per heavy atom. The van der Waals surface area contributed by atoms with Crippen molar-refractivity contribution in [1.29, 1.82) is 0 Å². The molecule has 0 aromatic carbocycles. The Labute approximate surface area is 89.1 Å². The number of aromatic nitrogens is 1. The second-order valence-corrected chi connectivity index (χ2v) is 3.91. The molecule has 0 saturated carbocycles. The topological polar surface area (TPSA) is 45.1 Å². The summed E-state index contributed by atoms with van der Waals surface area (Å²) in [6, 6.07) is 5.39. The number of anilines is 1. The lowest BCUT2D eigenvalue weighted by molar-refractivity contribution is 0.249. The maximum atomic E-state index is 9.10. The summed E-state index contributed by atoms with van der Waals surface area (Å²) < 4.78 is 0. The second-order valence-electron chi connectivity index (χ2n) is 3.52. The highest BCUT2D eigenvalue weighted by Crippen LogP contribution is 2.12. The molecule has 0 fully saturated rings. The minimum absolute atomic E-state index is 0.0148. The third-order valence-corrected chi connectivity index (χ3v) is 2.26. The monoisotopic (exact) mass is 214 g/mol. The van der Waals surface area contributed by atoms with Crippen molar-refractivity contribution in [2.75, 3.05) is 11.9 Å². The average Bonchev–Trinajstić information content (AvgIpc) is 2.14. The maximum Gasteiger partial charge on any atom is 0.131 e. The molecule has 0 aliphatic heterocycles. The number of hydrogen-bond donors (Lipinski definition) is 2. The molecular formula is C10H15ClN2O. The largest absolute Gasteiger partial charge is 0.394 e. The van der Waals surface area contributed by atoms with Gasteiger partial charge in [0.1, 0.15) is 11.0 Å². The van der Waals surface area contributed by atoms with Gasteiger partial charge in [0.2, 0.25) is 0 Å². The normalized spacial score (nSPS) is 12.9. The van der Waals surface area contributed by atoms with Gasteiger partial charge in [-0.05, 0) is 18.1 Å². The fourth-order valence-electron chi connectivity index (χ4n) is 1.10. The van der Waals surface area contributed by atoms with E-state index in [-0.39, 0.29) is 12.6 Å². The van der Waals surface area contributed by atoms with Gasteiger partial charge >= 0.3 is 0 Å². The molecule has 0 bridgehead atoms. The predicted octanol–water partition coefficient (Wildman–Crippen LogP) is 2.16. The van der Waals surface area contributed by atoms with Gasteiger partial charge in [0.05, 0.1) is 12.6 Å². The van der Waals surface area contributed by atoms with Gasteiger partial charge in [0, 0.05) is 0 Å². The van der Waals surface area contributed by atoms with Crippen LogP contribution < -0.4 is 5.32 Å². The summed E-state index contributed by atoms with van der Waals surface area (Å²) in [6.45, 7) is 4.17. The predicted molar refractivity (Wildman–Crippen MR) is 58.6 cm³/mol. The van der Waals surface area contributed by atoms with Crippen LogP contribution in [0.15, 0.2) is 18.2 Å². The van der Waals surface area contributed by atoms with Crippen LogP contribution in [-0.2, 0) is 0 Å². The Morgan fingerprint density at radius 2 is 2.21 bits per heavy atom. The van der Waals surface area contributed by atoms with E-state index in [1.807, 2.05) is 26.0 Å². The molecule has 0 aliphatic rings. The molecule has 4 heteroatoms. The summed E-state index contributed by atoms with van der Waals surface area (Å²) in [7, 11) is 0. The molecule has 78 valence electrons. The first kappa shape index (κ1) is 11.3. The zero-order chi connectivity index (χ0) is 10.6. The Hall–Kier alpha value is -0.800. The van der Waals surface area contributed by atoms with Crippen LogP contribution in [0.2, 0.25) is 5.15 Å².